The van der Waals surface area contributed by atoms with Crippen LogP contribution in [0.15, 0.2) is 84.9 Å². The zero-order valence-corrected chi connectivity index (χ0v) is 15.8. The molecule has 3 nitrogen and oxygen atoms in total. The van der Waals surface area contributed by atoms with Gasteiger partial charge in [-0.1, -0.05) is 72.8 Å². The molecule has 0 spiro atoms. The van der Waals surface area contributed by atoms with Gasteiger partial charge in [-0.3, -0.25) is 4.90 Å². The Bertz CT molecular complexity index is 763. The number of aliphatic hydroxyl groups is 1. The Labute approximate surface area is 161 Å². The van der Waals surface area contributed by atoms with Crippen molar-refractivity contribution in [1.29, 1.82) is 0 Å². The predicted octanol–water partition coefficient (Wildman–Crippen LogP) is 4.44. The molecular weight excluding hydrogens is 334 g/mol. The Morgan fingerprint density at radius 3 is 1.96 bits per heavy atom. The number of aryl methyl sites for hydroxylation is 1. The van der Waals surface area contributed by atoms with Gasteiger partial charge in [-0.05, 0) is 35.7 Å². The summed E-state index contributed by atoms with van der Waals surface area (Å²) in [4.78, 5) is 2.26. The molecule has 0 heterocycles. The third-order valence-electron chi connectivity index (χ3n) is 4.40. The maximum Gasteiger partial charge on any atom is 0.119 e. The van der Waals surface area contributed by atoms with Gasteiger partial charge in [-0.15, -0.1) is 0 Å². The first kappa shape index (κ1) is 19.2. The van der Waals surface area contributed by atoms with Crippen LogP contribution in [0, 0.1) is 6.92 Å². The summed E-state index contributed by atoms with van der Waals surface area (Å²) in [6.07, 6.45) is -0.557. The Morgan fingerprint density at radius 2 is 1.41 bits per heavy atom. The molecule has 0 aliphatic carbocycles. The third-order valence-corrected chi connectivity index (χ3v) is 4.40. The topological polar surface area (TPSA) is 32.7 Å². The van der Waals surface area contributed by atoms with Crippen LogP contribution in [0.5, 0.6) is 5.75 Å². The van der Waals surface area contributed by atoms with E-state index < -0.39 is 6.10 Å². The number of benzene rings is 3. The normalized spacial score (nSPS) is 12.1. The summed E-state index contributed by atoms with van der Waals surface area (Å²) in [6.45, 7) is 4.44. The Kier molecular flexibility index (Phi) is 7.03. The average molecular weight is 361 g/mol. The van der Waals surface area contributed by atoms with Gasteiger partial charge < -0.3 is 9.84 Å². The van der Waals surface area contributed by atoms with Gasteiger partial charge >= 0.3 is 0 Å². The summed E-state index contributed by atoms with van der Waals surface area (Å²) in [5, 5.41) is 10.5. The molecule has 0 bridgehead atoms. The van der Waals surface area contributed by atoms with E-state index in [4.69, 9.17) is 4.74 Å². The van der Waals surface area contributed by atoms with Gasteiger partial charge in [0.05, 0.1) is 0 Å². The lowest BCUT2D eigenvalue weighted by Crippen LogP contribution is -2.35. The van der Waals surface area contributed by atoms with Crippen molar-refractivity contribution in [3.05, 3.63) is 102 Å². The lowest BCUT2D eigenvalue weighted by molar-refractivity contribution is 0.0628. The highest BCUT2D eigenvalue weighted by molar-refractivity contribution is 5.27. The maximum absolute atomic E-state index is 10.5. The molecule has 3 aromatic carbocycles. The van der Waals surface area contributed by atoms with Crippen LogP contribution in [0.3, 0.4) is 0 Å². The van der Waals surface area contributed by atoms with Crippen LogP contribution in [0.1, 0.15) is 16.7 Å². The number of ether oxygens (including phenoxy) is 1. The molecule has 0 unspecified atom stereocenters. The van der Waals surface area contributed by atoms with Crippen molar-refractivity contribution in [1.82, 2.24) is 4.90 Å². The van der Waals surface area contributed by atoms with Gasteiger partial charge in [0.1, 0.15) is 18.5 Å². The molecule has 1 N–H and O–H groups in total. The summed E-state index contributed by atoms with van der Waals surface area (Å²) in [7, 11) is 0. The average Bonchev–Trinajstić information content (AvgIpc) is 2.68. The number of hydrogen-bond acceptors (Lipinski definition) is 3. The van der Waals surface area contributed by atoms with Gasteiger partial charge in [0.25, 0.3) is 0 Å². The fraction of sp³-hybridized carbons (Fsp3) is 0.250. The Hall–Kier alpha value is -2.62. The molecule has 0 aromatic heterocycles. The van der Waals surface area contributed by atoms with Crippen molar-refractivity contribution in [3.8, 4) is 5.75 Å². The van der Waals surface area contributed by atoms with Crippen molar-refractivity contribution in [2.45, 2.75) is 26.1 Å². The summed E-state index contributed by atoms with van der Waals surface area (Å²) < 4.78 is 5.77. The molecule has 0 radical (unpaired) electrons. The maximum atomic E-state index is 10.5. The van der Waals surface area contributed by atoms with Crippen molar-refractivity contribution >= 4 is 0 Å². The van der Waals surface area contributed by atoms with Crippen LogP contribution in [0.25, 0.3) is 0 Å². The quantitative estimate of drug-likeness (QED) is 0.612. The van der Waals surface area contributed by atoms with Crippen LogP contribution >= 0.6 is 0 Å². The minimum Gasteiger partial charge on any atom is -0.491 e. The summed E-state index contributed by atoms with van der Waals surface area (Å²) in [5.74, 6) is 0.798. The minimum absolute atomic E-state index is 0.281. The van der Waals surface area contributed by atoms with Crippen molar-refractivity contribution < 1.29 is 9.84 Å². The zero-order chi connectivity index (χ0) is 18.9. The second kappa shape index (κ2) is 9.91. The molecule has 0 saturated carbocycles. The fourth-order valence-corrected chi connectivity index (χ4v) is 3.12. The van der Waals surface area contributed by atoms with Gasteiger partial charge in [0.15, 0.2) is 0 Å². The summed E-state index contributed by atoms with van der Waals surface area (Å²) >= 11 is 0. The van der Waals surface area contributed by atoms with E-state index in [2.05, 4.69) is 29.2 Å². The van der Waals surface area contributed by atoms with E-state index in [9.17, 15) is 5.11 Å². The smallest absolute Gasteiger partial charge is 0.119 e. The highest BCUT2D eigenvalue weighted by Gasteiger charge is 2.14. The number of rotatable bonds is 9. The first-order chi connectivity index (χ1) is 13.2. The molecule has 3 aromatic rings. The van der Waals surface area contributed by atoms with Gasteiger partial charge in [-0.25, -0.2) is 0 Å². The summed E-state index contributed by atoms with van der Waals surface area (Å²) in [5.41, 5.74) is 3.62. The van der Waals surface area contributed by atoms with E-state index in [0.717, 1.165) is 24.4 Å². The van der Waals surface area contributed by atoms with E-state index in [1.54, 1.807) is 0 Å². The molecule has 3 heteroatoms. The van der Waals surface area contributed by atoms with Crippen LogP contribution in [-0.2, 0) is 13.1 Å². The van der Waals surface area contributed by atoms with E-state index in [1.165, 1.54) is 11.1 Å². The van der Waals surface area contributed by atoms with Crippen molar-refractivity contribution in [3.63, 3.8) is 0 Å². The number of nitrogens with zero attached hydrogens (tertiary/aromatic N) is 1. The number of hydrogen-bond donors (Lipinski definition) is 1. The van der Waals surface area contributed by atoms with Crippen molar-refractivity contribution in [2.24, 2.45) is 0 Å². The highest BCUT2D eigenvalue weighted by atomic mass is 16.5. The van der Waals surface area contributed by atoms with Gasteiger partial charge in [0, 0.05) is 19.6 Å². The zero-order valence-electron chi connectivity index (χ0n) is 15.8. The molecule has 0 amide bonds. The number of aliphatic hydroxyl groups excluding tert-OH is 1. The molecule has 27 heavy (non-hydrogen) atoms. The fourth-order valence-electron chi connectivity index (χ4n) is 3.12. The third kappa shape index (κ3) is 6.55. The molecule has 0 aliphatic rings. The largest absolute Gasteiger partial charge is 0.491 e. The monoisotopic (exact) mass is 361 g/mol. The Balaban J connectivity index is 1.60. The molecule has 0 fully saturated rings. The Morgan fingerprint density at radius 1 is 0.815 bits per heavy atom. The summed E-state index contributed by atoms with van der Waals surface area (Å²) in [6, 6.07) is 28.6. The predicted molar refractivity (Wildman–Crippen MR) is 110 cm³/mol. The van der Waals surface area contributed by atoms with Crippen molar-refractivity contribution in [2.75, 3.05) is 13.2 Å². The van der Waals surface area contributed by atoms with Crippen LogP contribution < -0.4 is 4.74 Å². The van der Waals surface area contributed by atoms with Crippen LogP contribution in [0.4, 0.5) is 0 Å². The molecule has 1 atom stereocenters. The van der Waals surface area contributed by atoms with Gasteiger partial charge in [0.2, 0.25) is 0 Å². The van der Waals surface area contributed by atoms with Crippen LogP contribution in [0.2, 0.25) is 0 Å². The van der Waals surface area contributed by atoms with E-state index in [-0.39, 0.29) is 6.61 Å². The second-order valence-corrected chi connectivity index (χ2v) is 6.92. The lowest BCUT2D eigenvalue weighted by atomic mass is 10.1. The van der Waals surface area contributed by atoms with Gasteiger partial charge in [-0.2, -0.15) is 0 Å². The SMILES string of the molecule is Cc1cccc(OC[C@H](O)CN(Cc2ccccc2)Cc2ccccc2)c1. The first-order valence-corrected chi connectivity index (χ1v) is 9.37. The molecule has 3 rings (SSSR count). The standard InChI is InChI=1S/C24H27NO2/c1-20-9-8-14-24(15-20)27-19-23(26)18-25(16-21-10-4-2-5-11-21)17-22-12-6-3-7-13-22/h2-15,23,26H,16-19H2,1H3/t23-/m1/s1. The minimum atomic E-state index is -0.557. The lowest BCUT2D eigenvalue weighted by Gasteiger charge is -2.25. The van der Waals surface area contributed by atoms with E-state index >= 15 is 0 Å². The first-order valence-electron chi connectivity index (χ1n) is 9.37. The molecule has 140 valence electrons. The highest BCUT2D eigenvalue weighted by Crippen LogP contribution is 2.14. The second-order valence-electron chi connectivity index (χ2n) is 6.92. The molecule has 0 aliphatic heterocycles. The van der Waals surface area contributed by atoms with Crippen LogP contribution in [-0.4, -0.2) is 29.3 Å². The van der Waals surface area contributed by atoms with E-state index in [1.807, 2.05) is 67.6 Å². The molecular formula is C24H27NO2. The van der Waals surface area contributed by atoms with E-state index in [0.29, 0.717) is 6.54 Å². The molecule has 0 saturated heterocycles.